The molecule has 0 aliphatic carbocycles. The summed E-state index contributed by atoms with van der Waals surface area (Å²) in [5.41, 5.74) is 6.68. The van der Waals surface area contributed by atoms with Crippen LogP contribution in [0.15, 0.2) is 16.7 Å². The summed E-state index contributed by atoms with van der Waals surface area (Å²) in [6.45, 7) is 5.35. The molecule has 0 bridgehead atoms. The van der Waals surface area contributed by atoms with Crippen molar-refractivity contribution in [2.45, 2.75) is 32.7 Å². The number of carbonyl (C=O) groups is 1. The van der Waals surface area contributed by atoms with Gasteiger partial charge in [-0.05, 0) is 31.7 Å². The Kier molecular flexibility index (Phi) is 3.52. The van der Waals surface area contributed by atoms with Crippen molar-refractivity contribution in [1.29, 1.82) is 0 Å². The molecule has 4 heteroatoms. The molecule has 1 saturated heterocycles. The molecule has 94 valence electrons. The Labute approximate surface area is 102 Å². The van der Waals surface area contributed by atoms with Crippen LogP contribution in [0.5, 0.6) is 0 Å². The highest BCUT2D eigenvalue weighted by Crippen LogP contribution is 2.25. The van der Waals surface area contributed by atoms with Crippen LogP contribution >= 0.6 is 0 Å². The van der Waals surface area contributed by atoms with Crippen LogP contribution in [-0.4, -0.2) is 29.9 Å². The number of likely N-dealkylation sites (tertiary alicyclic amines) is 1. The van der Waals surface area contributed by atoms with Gasteiger partial charge in [-0.1, -0.05) is 6.92 Å². The maximum Gasteiger partial charge on any atom is 0.290 e. The Morgan fingerprint density at radius 2 is 2.41 bits per heavy atom. The van der Waals surface area contributed by atoms with Gasteiger partial charge in [0.1, 0.15) is 0 Å². The predicted octanol–water partition coefficient (Wildman–Crippen LogP) is 1.79. The van der Waals surface area contributed by atoms with Gasteiger partial charge >= 0.3 is 0 Å². The third-order valence-corrected chi connectivity index (χ3v) is 3.67. The van der Waals surface area contributed by atoms with Crippen molar-refractivity contribution in [1.82, 2.24) is 4.90 Å². The molecule has 2 N–H and O–H groups in total. The number of hydrogen-bond acceptors (Lipinski definition) is 3. The third-order valence-electron chi connectivity index (χ3n) is 3.67. The smallest absolute Gasteiger partial charge is 0.290 e. The first-order valence-corrected chi connectivity index (χ1v) is 6.20. The third kappa shape index (κ3) is 2.22. The van der Waals surface area contributed by atoms with Crippen molar-refractivity contribution in [3.05, 3.63) is 23.7 Å². The second-order valence-corrected chi connectivity index (χ2v) is 4.85. The van der Waals surface area contributed by atoms with Crippen LogP contribution in [0.3, 0.4) is 0 Å². The van der Waals surface area contributed by atoms with Gasteiger partial charge in [-0.25, -0.2) is 0 Å². The molecule has 1 aromatic heterocycles. The first-order valence-electron chi connectivity index (χ1n) is 6.20. The summed E-state index contributed by atoms with van der Waals surface area (Å²) in [5.74, 6) is 0.903. The lowest BCUT2D eigenvalue weighted by Gasteiger charge is -2.39. The molecule has 17 heavy (non-hydrogen) atoms. The summed E-state index contributed by atoms with van der Waals surface area (Å²) in [4.78, 5) is 14.2. The number of aryl methyl sites for hydroxylation is 1. The first-order chi connectivity index (χ1) is 8.15. The summed E-state index contributed by atoms with van der Waals surface area (Å²) < 4.78 is 5.28. The lowest BCUT2D eigenvalue weighted by Crippen LogP contribution is -2.51. The summed E-state index contributed by atoms with van der Waals surface area (Å²) >= 11 is 0. The number of furan rings is 1. The molecule has 0 spiro atoms. The Balaban J connectivity index is 2.21. The van der Waals surface area contributed by atoms with Gasteiger partial charge in [0.25, 0.3) is 5.91 Å². The van der Waals surface area contributed by atoms with Crippen LogP contribution in [0.2, 0.25) is 0 Å². The van der Waals surface area contributed by atoms with E-state index >= 15 is 0 Å². The molecule has 1 aromatic rings. The minimum absolute atomic E-state index is 0.0190. The highest BCUT2D eigenvalue weighted by molar-refractivity contribution is 5.93. The fraction of sp³-hybridized carbons (Fsp3) is 0.615. The number of nitrogens with two attached hydrogens (primary N) is 1. The quantitative estimate of drug-likeness (QED) is 0.851. The molecule has 0 saturated carbocycles. The van der Waals surface area contributed by atoms with Crippen molar-refractivity contribution >= 4 is 5.91 Å². The number of hydrogen-bond donors (Lipinski definition) is 1. The summed E-state index contributed by atoms with van der Waals surface area (Å²) in [5, 5.41) is 0. The Bertz CT molecular complexity index is 400. The molecule has 2 atom stereocenters. The van der Waals surface area contributed by atoms with Gasteiger partial charge in [-0.3, -0.25) is 4.79 Å². The zero-order chi connectivity index (χ0) is 12.4. The fourth-order valence-electron chi connectivity index (χ4n) is 2.58. The van der Waals surface area contributed by atoms with Crippen LogP contribution in [0.1, 0.15) is 35.9 Å². The SMILES string of the molecule is Cc1ccoc1C(=O)N1CCC[C@@H](C)[C@@H]1CN. The van der Waals surface area contributed by atoms with Crippen molar-refractivity contribution < 1.29 is 9.21 Å². The molecule has 0 unspecified atom stereocenters. The van der Waals surface area contributed by atoms with E-state index in [4.69, 9.17) is 10.2 Å². The maximum absolute atomic E-state index is 12.4. The number of nitrogens with zero attached hydrogens (tertiary/aromatic N) is 1. The topological polar surface area (TPSA) is 59.5 Å². The standard InChI is InChI=1S/C13H20N2O2/c1-9-4-3-6-15(11(9)8-14)13(16)12-10(2)5-7-17-12/h5,7,9,11H,3-4,6,8,14H2,1-2H3/t9-,11+/m1/s1. The largest absolute Gasteiger partial charge is 0.459 e. The fourth-order valence-corrected chi connectivity index (χ4v) is 2.58. The zero-order valence-corrected chi connectivity index (χ0v) is 10.5. The zero-order valence-electron chi connectivity index (χ0n) is 10.5. The first kappa shape index (κ1) is 12.2. The number of rotatable bonds is 2. The highest BCUT2D eigenvalue weighted by atomic mass is 16.3. The van der Waals surface area contributed by atoms with Crippen LogP contribution in [-0.2, 0) is 0 Å². The van der Waals surface area contributed by atoms with Crippen molar-refractivity contribution in [2.24, 2.45) is 11.7 Å². The molecule has 0 aromatic carbocycles. The average Bonchev–Trinajstić information content (AvgIpc) is 2.74. The van der Waals surface area contributed by atoms with Gasteiger partial charge in [0.15, 0.2) is 5.76 Å². The lowest BCUT2D eigenvalue weighted by molar-refractivity contribution is 0.0500. The van der Waals surface area contributed by atoms with E-state index in [1.807, 2.05) is 17.9 Å². The highest BCUT2D eigenvalue weighted by Gasteiger charge is 2.32. The molecule has 0 radical (unpaired) electrons. The normalized spacial score (nSPS) is 25.0. The van der Waals surface area contributed by atoms with Crippen LogP contribution in [0, 0.1) is 12.8 Å². The van der Waals surface area contributed by atoms with Gasteiger partial charge in [0.2, 0.25) is 0 Å². The molecule has 1 aliphatic rings. The van der Waals surface area contributed by atoms with E-state index in [0.717, 1.165) is 24.9 Å². The molecule has 1 amide bonds. The molecule has 1 aliphatic heterocycles. The van der Waals surface area contributed by atoms with E-state index in [2.05, 4.69) is 6.92 Å². The van der Waals surface area contributed by atoms with Crippen LogP contribution < -0.4 is 5.73 Å². The van der Waals surface area contributed by atoms with E-state index in [9.17, 15) is 4.79 Å². The van der Waals surface area contributed by atoms with Gasteiger partial charge in [0.05, 0.1) is 6.26 Å². The van der Waals surface area contributed by atoms with E-state index in [1.54, 1.807) is 6.26 Å². The van der Waals surface area contributed by atoms with Gasteiger partial charge < -0.3 is 15.1 Å². The average molecular weight is 236 g/mol. The number of amides is 1. The van der Waals surface area contributed by atoms with Crippen molar-refractivity contribution in [3.8, 4) is 0 Å². The monoisotopic (exact) mass is 236 g/mol. The molecule has 2 heterocycles. The van der Waals surface area contributed by atoms with E-state index < -0.39 is 0 Å². The van der Waals surface area contributed by atoms with Crippen LogP contribution in [0.25, 0.3) is 0 Å². The number of carbonyl (C=O) groups excluding carboxylic acids is 1. The minimum atomic E-state index is -0.0190. The van der Waals surface area contributed by atoms with Crippen molar-refractivity contribution in [2.75, 3.05) is 13.1 Å². The molecular formula is C13H20N2O2. The van der Waals surface area contributed by atoms with Crippen molar-refractivity contribution in [3.63, 3.8) is 0 Å². The lowest BCUT2D eigenvalue weighted by atomic mass is 9.90. The molecule has 1 fully saturated rings. The van der Waals surface area contributed by atoms with E-state index in [-0.39, 0.29) is 11.9 Å². The predicted molar refractivity (Wildman–Crippen MR) is 65.7 cm³/mol. The van der Waals surface area contributed by atoms with Gasteiger partial charge in [-0.2, -0.15) is 0 Å². The second-order valence-electron chi connectivity index (χ2n) is 4.85. The van der Waals surface area contributed by atoms with Crippen LogP contribution in [0.4, 0.5) is 0 Å². The Hall–Kier alpha value is -1.29. The Morgan fingerprint density at radius 3 is 3.00 bits per heavy atom. The second kappa shape index (κ2) is 4.92. The molecule has 2 rings (SSSR count). The number of piperidine rings is 1. The minimum Gasteiger partial charge on any atom is -0.459 e. The van der Waals surface area contributed by atoms with Gasteiger partial charge in [0, 0.05) is 24.7 Å². The van der Waals surface area contributed by atoms with E-state index in [0.29, 0.717) is 18.2 Å². The van der Waals surface area contributed by atoms with Gasteiger partial charge in [-0.15, -0.1) is 0 Å². The summed E-state index contributed by atoms with van der Waals surface area (Å²) in [6, 6.07) is 1.96. The molecule has 4 nitrogen and oxygen atoms in total. The summed E-state index contributed by atoms with van der Waals surface area (Å²) in [6.07, 6.45) is 3.75. The van der Waals surface area contributed by atoms with E-state index in [1.165, 1.54) is 0 Å². The summed E-state index contributed by atoms with van der Waals surface area (Å²) in [7, 11) is 0. The molecular weight excluding hydrogens is 216 g/mol. The Morgan fingerprint density at radius 1 is 1.65 bits per heavy atom. The maximum atomic E-state index is 12.4.